The highest BCUT2D eigenvalue weighted by Gasteiger charge is 2.28. The molecule has 2 atom stereocenters. The van der Waals surface area contributed by atoms with Gasteiger partial charge in [-0.3, -0.25) is 9.59 Å². The normalized spacial score (nSPS) is 19.6. The van der Waals surface area contributed by atoms with E-state index < -0.39 is 12.1 Å². The number of amides is 1. The van der Waals surface area contributed by atoms with Gasteiger partial charge in [-0.15, -0.1) is 0 Å². The Balaban J connectivity index is 2.52. The number of carbonyl (C=O) groups is 2. The number of hydrogen-bond acceptors (Lipinski definition) is 4. The van der Waals surface area contributed by atoms with Crippen molar-refractivity contribution < 1.29 is 19.8 Å². The summed E-state index contributed by atoms with van der Waals surface area (Å²) in [5, 5.41) is 19.2. The molecule has 6 heteroatoms. The van der Waals surface area contributed by atoms with Gasteiger partial charge >= 0.3 is 5.97 Å². The Kier molecular flexibility index (Phi) is 11.1. The van der Waals surface area contributed by atoms with Gasteiger partial charge in [-0.2, -0.15) is 11.8 Å². The highest BCUT2D eigenvalue weighted by molar-refractivity contribution is 7.99. The van der Waals surface area contributed by atoms with Gasteiger partial charge in [0.15, 0.2) is 0 Å². The molecule has 5 nitrogen and oxygen atoms in total. The Morgan fingerprint density at radius 3 is 2.78 bits per heavy atom. The van der Waals surface area contributed by atoms with E-state index in [0.717, 1.165) is 43.6 Å². The quantitative estimate of drug-likeness (QED) is 0.360. The third kappa shape index (κ3) is 9.15. The molecule has 27 heavy (non-hydrogen) atoms. The average molecular weight is 400 g/mol. The third-order valence-electron chi connectivity index (χ3n) is 5.26. The predicted molar refractivity (Wildman–Crippen MR) is 112 cm³/mol. The molecule has 0 bridgehead atoms. The molecular formula is C21H37NO4S. The lowest BCUT2D eigenvalue weighted by Crippen LogP contribution is -2.44. The molecule has 156 valence electrons. The van der Waals surface area contributed by atoms with Crippen LogP contribution in [0.1, 0.15) is 72.1 Å². The van der Waals surface area contributed by atoms with Crippen LogP contribution in [0.25, 0.3) is 0 Å². The SMILES string of the molecule is CCCCC(C)(C)C(O)/C=C/[C@H]1CCCC(=O)N1CCSCCCC(=O)O. The second-order valence-electron chi connectivity index (χ2n) is 8.08. The van der Waals surface area contributed by atoms with Crippen LogP contribution in [-0.2, 0) is 9.59 Å². The molecule has 1 saturated heterocycles. The smallest absolute Gasteiger partial charge is 0.303 e. The molecular weight excluding hydrogens is 362 g/mol. The Bertz CT molecular complexity index is 493. The van der Waals surface area contributed by atoms with Gasteiger partial charge < -0.3 is 15.1 Å². The van der Waals surface area contributed by atoms with E-state index in [4.69, 9.17) is 5.11 Å². The number of carboxylic acids is 1. The summed E-state index contributed by atoms with van der Waals surface area (Å²) >= 11 is 1.70. The second kappa shape index (κ2) is 12.4. The van der Waals surface area contributed by atoms with Crippen molar-refractivity contribution in [3.8, 4) is 0 Å². The van der Waals surface area contributed by atoms with Crippen molar-refractivity contribution >= 4 is 23.6 Å². The van der Waals surface area contributed by atoms with Gasteiger partial charge in [0.1, 0.15) is 0 Å². The molecule has 1 unspecified atom stereocenters. The summed E-state index contributed by atoms with van der Waals surface area (Å²) in [5.41, 5.74) is -0.157. The molecule has 1 amide bonds. The zero-order valence-corrected chi connectivity index (χ0v) is 18.0. The van der Waals surface area contributed by atoms with Crippen LogP contribution in [0.15, 0.2) is 12.2 Å². The summed E-state index contributed by atoms with van der Waals surface area (Å²) in [6, 6.07) is 0.0579. The fourth-order valence-corrected chi connectivity index (χ4v) is 4.18. The average Bonchev–Trinajstić information content (AvgIpc) is 2.61. The van der Waals surface area contributed by atoms with Crippen molar-refractivity contribution in [1.29, 1.82) is 0 Å². The number of carboxylic acid groups (broad SMARTS) is 1. The number of rotatable bonds is 13. The third-order valence-corrected chi connectivity index (χ3v) is 6.31. The summed E-state index contributed by atoms with van der Waals surface area (Å²) in [4.78, 5) is 24.8. The van der Waals surface area contributed by atoms with Crippen molar-refractivity contribution in [2.45, 2.75) is 84.3 Å². The first-order valence-corrected chi connectivity index (χ1v) is 11.4. The Morgan fingerprint density at radius 2 is 2.11 bits per heavy atom. The first-order chi connectivity index (χ1) is 12.8. The van der Waals surface area contributed by atoms with Crippen LogP contribution in [-0.4, -0.2) is 57.2 Å². The molecule has 0 aromatic heterocycles. The maximum absolute atomic E-state index is 12.3. The molecule has 0 spiro atoms. The van der Waals surface area contributed by atoms with E-state index in [-0.39, 0.29) is 23.8 Å². The lowest BCUT2D eigenvalue weighted by molar-refractivity contribution is -0.137. The molecule has 0 saturated carbocycles. The minimum absolute atomic E-state index is 0.0579. The summed E-state index contributed by atoms with van der Waals surface area (Å²) in [6.07, 6.45) is 9.89. The summed E-state index contributed by atoms with van der Waals surface area (Å²) in [5.74, 6) is 1.05. The topological polar surface area (TPSA) is 77.8 Å². The van der Waals surface area contributed by atoms with Crippen molar-refractivity contribution in [1.82, 2.24) is 4.90 Å². The summed E-state index contributed by atoms with van der Waals surface area (Å²) < 4.78 is 0. The van der Waals surface area contributed by atoms with Gasteiger partial charge in [-0.1, -0.05) is 45.8 Å². The van der Waals surface area contributed by atoms with E-state index in [1.54, 1.807) is 11.8 Å². The minimum Gasteiger partial charge on any atom is -0.481 e. The number of nitrogens with zero attached hydrogens (tertiary/aromatic N) is 1. The molecule has 1 heterocycles. The lowest BCUT2D eigenvalue weighted by Gasteiger charge is -2.35. The Morgan fingerprint density at radius 1 is 1.37 bits per heavy atom. The van der Waals surface area contributed by atoms with E-state index in [9.17, 15) is 14.7 Å². The van der Waals surface area contributed by atoms with Crippen LogP contribution in [0.2, 0.25) is 0 Å². The van der Waals surface area contributed by atoms with Gasteiger partial charge in [0.2, 0.25) is 5.91 Å². The minimum atomic E-state index is -0.757. The van der Waals surface area contributed by atoms with E-state index >= 15 is 0 Å². The van der Waals surface area contributed by atoms with Gasteiger partial charge in [0.25, 0.3) is 0 Å². The molecule has 0 radical (unpaired) electrons. The highest BCUT2D eigenvalue weighted by atomic mass is 32.2. The summed E-state index contributed by atoms with van der Waals surface area (Å²) in [6.45, 7) is 7.02. The zero-order valence-electron chi connectivity index (χ0n) is 17.2. The molecule has 0 aromatic carbocycles. The van der Waals surface area contributed by atoms with Crippen LogP contribution in [0.4, 0.5) is 0 Å². The van der Waals surface area contributed by atoms with Crippen LogP contribution in [0, 0.1) is 5.41 Å². The summed E-state index contributed by atoms with van der Waals surface area (Å²) in [7, 11) is 0. The number of carbonyl (C=O) groups excluding carboxylic acids is 1. The number of aliphatic hydroxyl groups excluding tert-OH is 1. The van der Waals surface area contributed by atoms with E-state index in [1.807, 2.05) is 17.1 Å². The van der Waals surface area contributed by atoms with Gasteiger partial charge in [0, 0.05) is 25.1 Å². The van der Waals surface area contributed by atoms with Crippen LogP contribution < -0.4 is 0 Å². The zero-order chi connectivity index (χ0) is 20.3. The van der Waals surface area contributed by atoms with Crippen molar-refractivity contribution in [3.05, 3.63) is 12.2 Å². The second-order valence-corrected chi connectivity index (χ2v) is 9.30. The van der Waals surface area contributed by atoms with Crippen LogP contribution >= 0.6 is 11.8 Å². The Hall–Kier alpha value is -1.01. The molecule has 1 fully saturated rings. The number of aliphatic carboxylic acids is 1. The molecule has 0 aromatic rings. The maximum atomic E-state index is 12.3. The van der Waals surface area contributed by atoms with Gasteiger partial charge in [0.05, 0.1) is 12.1 Å². The number of piperidine rings is 1. The highest BCUT2D eigenvalue weighted by Crippen LogP contribution is 2.29. The number of likely N-dealkylation sites (tertiary alicyclic amines) is 1. The van der Waals surface area contributed by atoms with Crippen LogP contribution in [0.5, 0.6) is 0 Å². The number of hydrogen-bond donors (Lipinski definition) is 2. The first kappa shape index (κ1) is 24.0. The van der Waals surface area contributed by atoms with Crippen molar-refractivity contribution in [2.75, 3.05) is 18.1 Å². The van der Waals surface area contributed by atoms with E-state index in [2.05, 4.69) is 20.8 Å². The number of aliphatic hydroxyl groups is 1. The molecule has 2 N–H and O–H groups in total. The van der Waals surface area contributed by atoms with Crippen molar-refractivity contribution in [3.63, 3.8) is 0 Å². The fraction of sp³-hybridized carbons (Fsp3) is 0.810. The van der Waals surface area contributed by atoms with Crippen LogP contribution in [0.3, 0.4) is 0 Å². The maximum Gasteiger partial charge on any atom is 0.303 e. The predicted octanol–water partition coefficient (Wildman–Crippen LogP) is 4.10. The lowest BCUT2D eigenvalue weighted by atomic mass is 9.81. The standard InChI is InChI=1S/C21H37NO4S/c1-4-5-13-21(2,3)18(23)12-11-17-8-6-9-19(24)22(17)14-16-27-15-7-10-20(25)26/h11-12,17-18,23H,4-10,13-16H2,1-3H3,(H,25,26)/b12-11+/t17-,18?/m1/s1. The molecule has 1 rings (SSSR count). The molecule has 1 aliphatic heterocycles. The first-order valence-electron chi connectivity index (χ1n) is 10.2. The molecule has 1 aliphatic rings. The van der Waals surface area contributed by atoms with Gasteiger partial charge in [-0.05, 0) is 36.9 Å². The van der Waals surface area contributed by atoms with Gasteiger partial charge in [-0.25, -0.2) is 0 Å². The number of thioether (sulfide) groups is 1. The number of unbranched alkanes of at least 4 members (excludes halogenated alkanes) is 1. The largest absolute Gasteiger partial charge is 0.481 e. The van der Waals surface area contributed by atoms with Crippen molar-refractivity contribution in [2.24, 2.45) is 5.41 Å². The monoisotopic (exact) mass is 399 g/mol. The fourth-order valence-electron chi connectivity index (χ4n) is 3.30. The Labute approximate surface area is 168 Å². The molecule has 0 aliphatic carbocycles. The van der Waals surface area contributed by atoms with E-state index in [0.29, 0.717) is 19.4 Å². The van der Waals surface area contributed by atoms with E-state index in [1.165, 1.54) is 0 Å².